The van der Waals surface area contributed by atoms with Crippen LogP contribution >= 0.6 is 11.6 Å². The van der Waals surface area contributed by atoms with Crippen LogP contribution in [0.3, 0.4) is 0 Å². The zero-order valence-corrected chi connectivity index (χ0v) is 12.5. The molecule has 2 rings (SSSR count). The fraction of sp³-hybridized carbons (Fsp3) is 0.312. The SMILES string of the molecule is CC(C)NCc1cnc(OCc2ccccc2)c(Cl)c1. The van der Waals surface area contributed by atoms with Crippen LogP contribution in [-0.2, 0) is 13.2 Å². The molecule has 0 saturated heterocycles. The first-order chi connectivity index (χ1) is 9.65. The van der Waals surface area contributed by atoms with Crippen molar-refractivity contribution in [1.29, 1.82) is 0 Å². The van der Waals surface area contributed by atoms with E-state index in [9.17, 15) is 0 Å². The zero-order chi connectivity index (χ0) is 14.4. The molecule has 1 N–H and O–H groups in total. The molecule has 0 spiro atoms. The second-order valence-corrected chi connectivity index (χ2v) is 5.35. The first-order valence-corrected chi connectivity index (χ1v) is 7.07. The van der Waals surface area contributed by atoms with Crippen molar-refractivity contribution < 1.29 is 4.74 Å². The molecule has 20 heavy (non-hydrogen) atoms. The van der Waals surface area contributed by atoms with Gasteiger partial charge < -0.3 is 10.1 Å². The number of nitrogens with one attached hydrogen (secondary N) is 1. The van der Waals surface area contributed by atoms with Gasteiger partial charge in [-0.3, -0.25) is 0 Å². The predicted molar refractivity (Wildman–Crippen MR) is 82.0 cm³/mol. The predicted octanol–water partition coefficient (Wildman–Crippen LogP) is 3.81. The van der Waals surface area contributed by atoms with Gasteiger partial charge in [0.25, 0.3) is 0 Å². The zero-order valence-electron chi connectivity index (χ0n) is 11.8. The Hall–Kier alpha value is -1.58. The van der Waals surface area contributed by atoms with Crippen molar-refractivity contribution in [2.45, 2.75) is 33.0 Å². The van der Waals surface area contributed by atoms with Crippen LogP contribution in [0.2, 0.25) is 5.02 Å². The molecule has 1 heterocycles. The van der Waals surface area contributed by atoms with Crippen LogP contribution in [0.1, 0.15) is 25.0 Å². The minimum atomic E-state index is 0.433. The van der Waals surface area contributed by atoms with Crippen molar-refractivity contribution in [3.8, 4) is 5.88 Å². The summed E-state index contributed by atoms with van der Waals surface area (Å²) >= 11 is 6.20. The summed E-state index contributed by atoms with van der Waals surface area (Å²) in [5, 5.41) is 3.87. The van der Waals surface area contributed by atoms with Crippen molar-refractivity contribution in [2.75, 3.05) is 0 Å². The molecular weight excluding hydrogens is 272 g/mol. The third-order valence-electron chi connectivity index (χ3n) is 2.80. The third-order valence-corrected chi connectivity index (χ3v) is 3.07. The number of hydrogen-bond acceptors (Lipinski definition) is 3. The summed E-state index contributed by atoms with van der Waals surface area (Å²) in [5.74, 6) is 0.476. The normalized spacial score (nSPS) is 10.8. The van der Waals surface area contributed by atoms with Crippen LogP contribution in [0.5, 0.6) is 5.88 Å². The highest BCUT2D eigenvalue weighted by Crippen LogP contribution is 2.23. The highest BCUT2D eigenvalue weighted by molar-refractivity contribution is 6.31. The van der Waals surface area contributed by atoms with E-state index in [2.05, 4.69) is 24.1 Å². The van der Waals surface area contributed by atoms with Crippen molar-refractivity contribution in [3.63, 3.8) is 0 Å². The van der Waals surface area contributed by atoms with E-state index < -0.39 is 0 Å². The van der Waals surface area contributed by atoms with E-state index in [1.807, 2.05) is 36.4 Å². The van der Waals surface area contributed by atoms with E-state index in [0.29, 0.717) is 23.6 Å². The first kappa shape index (κ1) is 14.8. The molecule has 2 aromatic rings. The molecule has 0 bridgehead atoms. The topological polar surface area (TPSA) is 34.2 Å². The number of hydrogen-bond donors (Lipinski definition) is 1. The van der Waals surface area contributed by atoms with Gasteiger partial charge in [0.15, 0.2) is 0 Å². The van der Waals surface area contributed by atoms with Gasteiger partial charge in [0, 0.05) is 18.8 Å². The maximum Gasteiger partial charge on any atom is 0.232 e. The summed E-state index contributed by atoms with van der Waals surface area (Å²) in [5.41, 5.74) is 2.15. The Kier molecular flexibility index (Phi) is 5.39. The second kappa shape index (κ2) is 7.27. The van der Waals surface area contributed by atoms with Gasteiger partial charge in [-0.05, 0) is 17.2 Å². The van der Waals surface area contributed by atoms with Gasteiger partial charge in [-0.25, -0.2) is 4.98 Å². The summed E-state index contributed by atoms with van der Waals surface area (Å²) in [4.78, 5) is 4.28. The number of ether oxygens (including phenoxy) is 1. The third kappa shape index (κ3) is 4.51. The summed E-state index contributed by atoms with van der Waals surface area (Å²) in [7, 11) is 0. The van der Waals surface area contributed by atoms with Gasteiger partial charge >= 0.3 is 0 Å². The molecule has 4 heteroatoms. The minimum Gasteiger partial charge on any atom is -0.472 e. The van der Waals surface area contributed by atoms with Crippen molar-refractivity contribution in [3.05, 3.63) is 58.7 Å². The van der Waals surface area contributed by atoms with Crippen LogP contribution < -0.4 is 10.1 Å². The number of aromatic nitrogens is 1. The summed E-state index contributed by atoms with van der Waals surface area (Å²) in [6, 6.07) is 12.3. The molecular formula is C16H19ClN2O. The van der Waals surface area contributed by atoms with Crippen molar-refractivity contribution in [2.24, 2.45) is 0 Å². The molecule has 0 aliphatic carbocycles. The van der Waals surface area contributed by atoms with E-state index in [0.717, 1.165) is 17.7 Å². The summed E-state index contributed by atoms with van der Waals surface area (Å²) in [6.45, 7) is 5.43. The van der Waals surface area contributed by atoms with Crippen molar-refractivity contribution >= 4 is 11.6 Å². The lowest BCUT2D eigenvalue weighted by atomic mass is 10.2. The monoisotopic (exact) mass is 290 g/mol. The summed E-state index contributed by atoms with van der Waals surface area (Å²) < 4.78 is 5.64. The van der Waals surface area contributed by atoms with Crippen LogP contribution in [0.15, 0.2) is 42.6 Å². The van der Waals surface area contributed by atoms with Crippen LogP contribution in [0.25, 0.3) is 0 Å². The van der Waals surface area contributed by atoms with Gasteiger partial charge in [-0.2, -0.15) is 0 Å². The number of benzene rings is 1. The molecule has 106 valence electrons. The second-order valence-electron chi connectivity index (χ2n) is 4.94. The highest BCUT2D eigenvalue weighted by atomic mass is 35.5. The molecule has 0 fully saturated rings. The molecule has 0 atom stereocenters. The molecule has 1 aromatic carbocycles. The highest BCUT2D eigenvalue weighted by Gasteiger charge is 2.06. The van der Waals surface area contributed by atoms with E-state index in [-0.39, 0.29) is 0 Å². The molecule has 0 amide bonds. The van der Waals surface area contributed by atoms with Gasteiger partial charge in [-0.1, -0.05) is 55.8 Å². The number of pyridine rings is 1. The van der Waals surface area contributed by atoms with Crippen LogP contribution in [0, 0.1) is 0 Å². The first-order valence-electron chi connectivity index (χ1n) is 6.69. The van der Waals surface area contributed by atoms with Gasteiger partial charge in [-0.15, -0.1) is 0 Å². The molecule has 0 aliphatic heterocycles. The fourth-order valence-corrected chi connectivity index (χ4v) is 1.96. The van der Waals surface area contributed by atoms with E-state index in [1.54, 1.807) is 6.20 Å². The molecule has 3 nitrogen and oxygen atoms in total. The van der Waals surface area contributed by atoms with Crippen molar-refractivity contribution in [1.82, 2.24) is 10.3 Å². The Bertz CT molecular complexity index is 543. The van der Waals surface area contributed by atoms with Gasteiger partial charge in [0.2, 0.25) is 5.88 Å². The number of halogens is 1. The minimum absolute atomic E-state index is 0.433. The maximum absolute atomic E-state index is 6.20. The Labute approximate surface area is 124 Å². The van der Waals surface area contributed by atoms with Gasteiger partial charge in [0.1, 0.15) is 11.6 Å². The molecule has 0 radical (unpaired) electrons. The molecule has 1 aromatic heterocycles. The lowest BCUT2D eigenvalue weighted by Crippen LogP contribution is -2.21. The lowest BCUT2D eigenvalue weighted by molar-refractivity contribution is 0.294. The Balaban J connectivity index is 1.95. The Morgan fingerprint density at radius 2 is 1.95 bits per heavy atom. The maximum atomic E-state index is 6.20. The molecule has 0 saturated carbocycles. The van der Waals surface area contributed by atoms with E-state index >= 15 is 0 Å². The largest absolute Gasteiger partial charge is 0.472 e. The number of rotatable bonds is 6. The number of nitrogens with zero attached hydrogens (tertiary/aromatic N) is 1. The van der Waals surface area contributed by atoms with Crippen LogP contribution in [0.4, 0.5) is 0 Å². The average Bonchev–Trinajstić information content (AvgIpc) is 2.45. The van der Waals surface area contributed by atoms with E-state index in [1.165, 1.54) is 0 Å². The lowest BCUT2D eigenvalue weighted by Gasteiger charge is -2.10. The molecule has 0 aliphatic rings. The average molecular weight is 291 g/mol. The Morgan fingerprint density at radius 1 is 1.20 bits per heavy atom. The smallest absolute Gasteiger partial charge is 0.232 e. The molecule has 0 unspecified atom stereocenters. The Morgan fingerprint density at radius 3 is 2.60 bits per heavy atom. The quantitative estimate of drug-likeness (QED) is 0.878. The van der Waals surface area contributed by atoms with Gasteiger partial charge in [0.05, 0.1) is 0 Å². The fourth-order valence-electron chi connectivity index (χ4n) is 1.72. The summed E-state index contributed by atoms with van der Waals surface area (Å²) in [6.07, 6.45) is 1.79. The standard InChI is InChI=1S/C16H19ClN2O/c1-12(2)18-9-14-8-15(17)16(19-10-14)20-11-13-6-4-3-5-7-13/h3-8,10,12,18H,9,11H2,1-2H3. The van der Waals surface area contributed by atoms with E-state index in [4.69, 9.17) is 16.3 Å². The van der Waals surface area contributed by atoms with Crippen LogP contribution in [-0.4, -0.2) is 11.0 Å².